The maximum atomic E-state index is 13.2. The van der Waals surface area contributed by atoms with Gasteiger partial charge in [0.25, 0.3) is 11.7 Å². The third-order valence-corrected chi connectivity index (χ3v) is 4.38. The van der Waals surface area contributed by atoms with E-state index in [-0.39, 0.29) is 17.7 Å². The summed E-state index contributed by atoms with van der Waals surface area (Å²) in [5.74, 6) is -1.69. The summed E-state index contributed by atoms with van der Waals surface area (Å²) in [5, 5.41) is 10.7. The first-order valence-corrected chi connectivity index (χ1v) is 8.16. The summed E-state index contributed by atoms with van der Waals surface area (Å²) < 4.78 is 23.9. The molecule has 3 aromatic rings. The van der Waals surface area contributed by atoms with Crippen molar-refractivity contribution in [1.29, 1.82) is 0 Å². The van der Waals surface area contributed by atoms with Crippen molar-refractivity contribution in [2.75, 3.05) is 0 Å². The third-order valence-electron chi connectivity index (χ3n) is 4.38. The van der Waals surface area contributed by atoms with E-state index in [9.17, 15) is 19.1 Å². The van der Waals surface area contributed by atoms with Crippen LogP contribution in [0.2, 0.25) is 0 Å². The smallest absolute Gasteiger partial charge is 0.296 e. The predicted molar refractivity (Wildman–Crippen MR) is 91.7 cm³/mol. The van der Waals surface area contributed by atoms with Crippen molar-refractivity contribution >= 4 is 17.4 Å². The fraction of sp³-hybridized carbons (Fsp3) is 0.100. The van der Waals surface area contributed by atoms with Gasteiger partial charge in [0, 0.05) is 5.56 Å². The van der Waals surface area contributed by atoms with E-state index < -0.39 is 29.3 Å². The molecule has 0 radical (unpaired) electrons. The average Bonchev–Trinajstić information content (AvgIpc) is 3.40. The number of ketones is 1. The number of Topliss-reactive ketones (excluding diaryl/α,β-unsaturated/α-hetero) is 1. The lowest BCUT2D eigenvalue weighted by molar-refractivity contribution is -0.140. The van der Waals surface area contributed by atoms with Gasteiger partial charge < -0.3 is 18.8 Å². The molecule has 1 amide bonds. The van der Waals surface area contributed by atoms with Crippen molar-refractivity contribution in [3.8, 4) is 0 Å². The molecule has 0 bridgehead atoms. The van der Waals surface area contributed by atoms with Crippen molar-refractivity contribution in [3.05, 3.63) is 89.5 Å². The van der Waals surface area contributed by atoms with Crippen LogP contribution in [-0.4, -0.2) is 21.7 Å². The number of nitrogens with zero attached hydrogens (tertiary/aromatic N) is 1. The SMILES string of the molecule is O=C1C(=O)N(Cc2ccco2)[C@@H](c2ccco2)C1=C(O)c1ccc(F)cc1. The summed E-state index contributed by atoms with van der Waals surface area (Å²) in [6, 6.07) is 10.7. The molecule has 1 aliphatic rings. The minimum absolute atomic E-state index is 0.0309. The van der Waals surface area contributed by atoms with E-state index >= 15 is 0 Å². The van der Waals surface area contributed by atoms with Crippen LogP contribution in [0, 0.1) is 5.82 Å². The highest BCUT2D eigenvalue weighted by atomic mass is 19.1. The fourth-order valence-electron chi connectivity index (χ4n) is 3.12. The van der Waals surface area contributed by atoms with Crippen LogP contribution in [0.4, 0.5) is 4.39 Å². The van der Waals surface area contributed by atoms with Gasteiger partial charge in [0.05, 0.1) is 24.6 Å². The lowest BCUT2D eigenvalue weighted by atomic mass is 9.99. The number of aliphatic hydroxyl groups is 1. The lowest BCUT2D eigenvalue weighted by Gasteiger charge is -2.22. The molecule has 0 aliphatic carbocycles. The van der Waals surface area contributed by atoms with Crippen LogP contribution < -0.4 is 0 Å². The topological polar surface area (TPSA) is 83.9 Å². The molecule has 3 heterocycles. The number of hydrogen-bond acceptors (Lipinski definition) is 5. The number of rotatable bonds is 4. The molecule has 1 atom stereocenters. The first-order valence-electron chi connectivity index (χ1n) is 8.16. The Kier molecular flexibility index (Phi) is 4.12. The van der Waals surface area contributed by atoms with E-state index in [0.29, 0.717) is 11.5 Å². The number of hydrogen-bond donors (Lipinski definition) is 1. The zero-order valence-electron chi connectivity index (χ0n) is 14.0. The number of halogens is 1. The Bertz CT molecular complexity index is 1000. The van der Waals surface area contributed by atoms with Crippen molar-refractivity contribution in [3.63, 3.8) is 0 Å². The van der Waals surface area contributed by atoms with Crippen LogP contribution >= 0.6 is 0 Å². The molecule has 1 aliphatic heterocycles. The molecule has 1 N–H and O–H groups in total. The van der Waals surface area contributed by atoms with Crippen LogP contribution in [0.5, 0.6) is 0 Å². The molecule has 2 aromatic heterocycles. The van der Waals surface area contributed by atoms with Gasteiger partial charge in [-0.25, -0.2) is 4.39 Å². The number of likely N-dealkylation sites (tertiary alicyclic amines) is 1. The normalized spacial score (nSPS) is 19.0. The molecule has 1 fully saturated rings. The van der Waals surface area contributed by atoms with Gasteiger partial charge in [-0.1, -0.05) is 0 Å². The molecule has 7 heteroatoms. The molecule has 27 heavy (non-hydrogen) atoms. The second-order valence-corrected chi connectivity index (χ2v) is 6.03. The van der Waals surface area contributed by atoms with Crippen molar-refractivity contribution in [2.45, 2.75) is 12.6 Å². The van der Waals surface area contributed by atoms with Crippen molar-refractivity contribution in [2.24, 2.45) is 0 Å². The van der Waals surface area contributed by atoms with E-state index in [1.165, 1.54) is 29.6 Å². The Labute approximate surface area is 153 Å². The fourth-order valence-corrected chi connectivity index (χ4v) is 3.12. The lowest BCUT2D eigenvalue weighted by Crippen LogP contribution is -2.28. The summed E-state index contributed by atoms with van der Waals surface area (Å²) in [6.07, 6.45) is 2.88. The van der Waals surface area contributed by atoms with Gasteiger partial charge >= 0.3 is 0 Å². The van der Waals surface area contributed by atoms with Crippen LogP contribution in [0.1, 0.15) is 23.1 Å². The van der Waals surface area contributed by atoms with Gasteiger partial charge in [0.2, 0.25) is 0 Å². The van der Waals surface area contributed by atoms with Crippen LogP contribution in [0.25, 0.3) is 5.76 Å². The number of amides is 1. The van der Waals surface area contributed by atoms with Crippen LogP contribution in [0.3, 0.4) is 0 Å². The Morgan fingerprint density at radius 1 is 1.04 bits per heavy atom. The Balaban J connectivity index is 1.83. The van der Waals surface area contributed by atoms with Crippen molar-refractivity contribution < 1.29 is 27.9 Å². The predicted octanol–water partition coefficient (Wildman–Crippen LogP) is 3.63. The zero-order valence-corrected chi connectivity index (χ0v) is 14.0. The summed E-state index contributed by atoms with van der Waals surface area (Å²) in [5.41, 5.74) is 0.108. The first kappa shape index (κ1) is 16.8. The van der Waals surface area contributed by atoms with E-state index in [4.69, 9.17) is 8.83 Å². The minimum atomic E-state index is -0.921. The summed E-state index contributed by atoms with van der Waals surface area (Å²) in [7, 11) is 0. The molecule has 1 aromatic carbocycles. The molecule has 0 saturated carbocycles. The van der Waals surface area contributed by atoms with Crippen LogP contribution in [-0.2, 0) is 16.1 Å². The number of furan rings is 2. The maximum absolute atomic E-state index is 13.2. The van der Waals surface area contributed by atoms with Crippen molar-refractivity contribution in [1.82, 2.24) is 4.90 Å². The number of carbonyl (C=O) groups is 2. The molecular weight excluding hydrogens is 353 g/mol. The largest absolute Gasteiger partial charge is 0.507 e. The molecule has 4 rings (SSSR count). The monoisotopic (exact) mass is 367 g/mol. The van der Waals surface area contributed by atoms with Gasteiger partial charge in [-0.15, -0.1) is 0 Å². The standard InChI is InChI=1S/C20H14FNO5/c21-13-7-5-12(6-8-13)18(23)16-17(15-4-2-10-27-15)22(20(25)19(16)24)11-14-3-1-9-26-14/h1-10,17,23H,11H2/t17-/m0/s1. The van der Waals surface area contributed by atoms with Gasteiger partial charge in [-0.3, -0.25) is 9.59 Å². The molecule has 136 valence electrons. The second kappa shape index (κ2) is 6.60. The van der Waals surface area contributed by atoms with Gasteiger partial charge in [0.15, 0.2) is 0 Å². The minimum Gasteiger partial charge on any atom is -0.507 e. The highest BCUT2D eigenvalue weighted by Crippen LogP contribution is 2.40. The quantitative estimate of drug-likeness (QED) is 0.432. The number of aliphatic hydroxyl groups excluding tert-OH is 1. The summed E-state index contributed by atoms with van der Waals surface area (Å²) in [6.45, 7) is 0.0309. The molecule has 0 unspecified atom stereocenters. The average molecular weight is 367 g/mol. The third kappa shape index (κ3) is 2.93. The highest BCUT2D eigenvalue weighted by molar-refractivity contribution is 6.46. The Morgan fingerprint density at radius 3 is 2.37 bits per heavy atom. The first-order chi connectivity index (χ1) is 13.1. The van der Waals surface area contributed by atoms with E-state index in [1.54, 1.807) is 24.3 Å². The Hall–Kier alpha value is -3.61. The molecule has 0 spiro atoms. The van der Waals surface area contributed by atoms with Gasteiger partial charge in [-0.05, 0) is 48.5 Å². The number of carbonyl (C=O) groups excluding carboxylic acids is 2. The maximum Gasteiger partial charge on any atom is 0.296 e. The summed E-state index contributed by atoms with van der Waals surface area (Å²) in [4.78, 5) is 26.6. The Morgan fingerprint density at radius 2 is 1.74 bits per heavy atom. The second-order valence-electron chi connectivity index (χ2n) is 6.03. The van der Waals surface area contributed by atoms with Gasteiger partial charge in [-0.2, -0.15) is 0 Å². The van der Waals surface area contributed by atoms with Crippen LogP contribution in [0.15, 0.2) is 75.5 Å². The zero-order chi connectivity index (χ0) is 19.0. The van der Waals surface area contributed by atoms with E-state index in [0.717, 1.165) is 12.1 Å². The van der Waals surface area contributed by atoms with E-state index in [1.807, 2.05) is 0 Å². The summed E-state index contributed by atoms with van der Waals surface area (Å²) >= 11 is 0. The molecular formula is C20H14FNO5. The number of benzene rings is 1. The molecule has 6 nitrogen and oxygen atoms in total. The van der Waals surface area contributed by atoms with E-state index in [2.05, 4.69) is 0 Å². The van der Waals surface area contributed by atoms with Gasteiger partial charge in [0.1, 0.15) is 29.1 Å². The molecule has 1 saturated heterocycles. The highest BCUT2D eigenvalue weighted by Gasteiger charge is 2.47.